The normalized spacial score (nSPS) is 27.1. The predicted octanol–water partition coefficient (Wildman–Crippen LogP) is 4.11. The highest BCUT2D eigenvalue weighted by Gasteiger charge is 2.54. The molecule has 2 heterocycles. The molecule has 4 fully saturated rings. The lowest BCUT2D eigenvalue weighted by Crippen LogP contribution is -2.49. The highest BCUT2D eigenvalue weighted by Crippen LogP contribution is 2.60. The molecule has 7 rings (SSSR count). The lowest BCUT2D eigenvalue weighted by Gasteiger charge is -2.56. The molecule has 2 aromatic heterocycles. The van der Waals surface area contributed by atoms with Crippen molar-refractivity contribution in [1.82, 2.24) is 19.6 Å². The molecule has 4 aliphatic carbocycles. The maximum absolute atomic E-state index is 13.7. The number of esters is 1. The first-order chi connectivity index (χ1) is 16.5. The number of para-hydroxylation sites is 1. The fourth-order valence-electron chi connectivity index (χ4n) is 7.10. The van der Waals surface area contributed by atoms with Crippen LogP contribution in [-0.4, -0.2) is 38.5 Å². The Bertz CT molecular complexity index is 1220. The lowest BCUT2D eigenvalue weighted by molar-refractivity contribution is -0.00765. The second-order valence-corrected chi connectivity index (χ2v) is 10.3. The van der Waals surface area contributed by atoms with Crippen LogP contribution in [0.15, 0.2) is 42.7 Å². The Morgan fingerprint density at radius 2 is 1.71 bits per heavy atom. The Hall–Kier alpha value is -3.42. The Morgan fingerprint density at radius 3 is 2.32 bits per heavy atom. The number of hydrogen-bond donors (Lipinski definition) is 1. The molecular formula is C26H29N5O3. The van der Waals surface area contributed by atoms with Gasteiger partial charge in [-0.05, 0) is 68.4 Å². The van der Waals surface area contributed by atoms with Gasteiger partial charge in [-0.2, -0.15) is 10.2 Å². The number of ether oxygens (including phenoxy) is 1. The van der Waals surface area contributed by atoms with Gasteiger partial charge in [0.25, 0.3) is 5.91 Å². The van der Waals surface area contributed by atoms with E-state index in [1.165, 1.54) is 37.3 Å². The quantitative estimate of drug-likeness (QED) is 0.580. The van der Waals surface area contributed by atoms with Gasteiger partial charge in [-0.25, -0.2) is 9.48 Å². The number of methoxy groups -OCH3 is 1. The number of aryl methyl sites for hydroxylation is 1. The van der Waals surface area contributed by atoms with Crippen LogP contribution in [0.25, 0.3) is 5.69 Å². The highest BCUT2D eigenvalue weighted by molar-refractivity contribution is 6.08. The Labute approximate surface area is 198 Å². The monoisotopic (exact) mass is 459 g/mol. The zero-order valence-corrected chi connectivity index (χ0v) is 19.5. The van der Waals surface area contributed by atoms with Crippen LogP contribution in [0.1, 0.15) is 65.1 Å². The molecule has 0 radical (unpaired) electrons. The first kappa shape index (κ1) is 21.1. The number of carbonyl (C=O) groups excluding carboxylic acids is 2. The van der Waals surface area contributed by atoms with Crippen molar-refractivity contribution in [3.63, 3.8) is 0 Å². The number of hydrogen-bond acceptors (Lipinski definition) is 5. The summed E-state index contributed by atoms with van der Waals surface area (Å²) in [4.78, 5) is 26.0. The van der Waals surface area contributed by atoms with Gasteiger partial charge in [0.05, 0.1) is 35.9 Å². The van der Waals surface area contributed by atoms with Crippen molar-refractivity contribution in [3.8, 4) is 5.69 Å². The number of aromatic nitrogens is 4. The number of anilines is 1. The molecule has 8 nitrogen and oxygen atoms in total. The molecule has 4 saturated carbocycles. The minimum atomic E-state index is -0.545. The molecule has 0 unspecified atom stereocenters. The number of nitrogens with one attached hydrogen (secondary N) is 1. The van der Waals surface area contributed by atoms with Gasteiger partial charge in [0.2, 0.25) is 0 Å². The number of carbonyl (C=O) groups is 2. The summed E-state index contributed by atoms with van der Waals surface area (Å²) in [5, 5.41) is 12.1. The summed E-state index contributed by atoms with van der Waals surface area (Å²) in [6.07, 6.45) is 10.6. The minimum absolute atomic E-state index is 0.0540. The van der Waals surface area contributed by atoms with Crippen molar-refractivity contribution < 1.29 is 14.3 Å². The third kappa shape index (κ3) is 3.35. The number of amides is 1. The van der Waals surface area contributed by atoms with E-state index < -0.39 is 5.97 Å². The Morgan fingerprint density at radius 1 is 1.06 bits per heavy atom. The molecule has 0 spiro atoms. The summed E-state index contributed by atoms with van der Waals surface area (Å²) in [6.45, 7) is 0. The zero-order chi connectivity index (χ0) is 23.4. The van der Waals surface area contributed by atoms with E-state index in [9.17, 15) is 9.59 Å². The maximum atomic E-state index is 13.7. The van der Waals surface area contributed by atoms with Gasteiger partial charge in [0.15, 0.2) is 5.69 Å². The van der Waals surface area contributed by atoms with E-state index in [0.717, 1.165) is 48.4 Å². The fourth-order valence-corrected chi connectivity index (χ4v) is 7.10. The third-order valence-corrected chi connectivity index (χ3v) is 8.09. The first-order valence-electron chi connectivity index (χ1n) is 12.0. The molecule has 8 heteroatoms. The van der Waals surface area contributed by atoms with Gasteiger partial charge in [0, 0.05) is 18.7 Å². The molecule has 4 aliphatic rings. The van der Waals surface area contributed by atoms with E-state index in [-0.39, 0.29) is 17.0 Å². The standard InChI is InChI=1S/C26H29N5O3/c1-30-22(25(33)34-2)21(14-27-30)28-24(32)20-15-31(19-6-4-3-5-7-19)29-23(20)26-11-16-8-17(12-26)10-18(9-16)13-26/h3-7,14-18H,8-13H2,1-2H3,(H,28,32). The molecule has 1 amide bonds. The van der Waals surface area contributed by atoms with E-state index >= 15 is 0 Å². The molecular weight excluding hydrogens is 430 g/mol. The van der Waals surface area contributed by atoms with E-state index in [1.807, 2.05) is 41.2 Å². The minimum Gasteiger partial charge on any atom is -0.464 e. The fraction of sp³-hybridized carbons (Fsp3) is 0.462. The van der Waals surface area contributed by atoms with Crippen LogP contribution in [0.3, 0.4) is 0 Å². The number of rotatable bonds is 5. The molecule has 0 atom stereocenters. The molecule has 0 aliphatic heterocycles. The van der Waals surface area contributed by atoms with Crippen molar-refractivity contribution in [2.45, 2.75) is 43.9 Å². The van der Waals surface area contributed by atoms with Crippen LogP contribution in [0.5, 0.6) is 0 Å². The summed E-state index contributed by atoms with van der Waals surface area (Å²) < 4.78 is 8.12. The van der Waals surface area contributed by atoms with E-state index in [1.54, 1.807) is 7.05 Å². The van der Waals surface area contributed by atoms with Crippen molar-refractivity contribution in [2.24, 2.45) is 24.8 Å². The van der Waals surface area contributed by atoms with Gasteiger partial charge < -0.3 is 10.1 Å². The SMILES string of the molecule is COC(=O)c1c(NC(=O)c2cn(-c3ccccc3)nc2C23CC4CC(CC(C4)C2)C3)cnn1C. The molecule has 1 N–H and O–H groups in total. The van der Waals surface area contributed by atoms with Crippen LogP contribution in [0, 0.1) is 17.8 Å². The Kier molecular flexibility index (Phi) is 4.86. The summed E-state index contributed by atoms with van der Waals surface area (Å²) in [6, 6.07) is 9.90. The molecule has 1 aromatic carbocycles. The summed E-state index contributed by atoms with van der Waals surface area (Å²) in [5.74, 6) is 1.37. The van der Waals surface area contributed by atoms with E-state index in [0.29, 0.717) is 11.3 Å². The summed E-state index contributed by atoms with van der Waals surface area (Å²) in [5.41, 5.74) is 2.89. The molecule has 4 bridgehead atoms. The summed E-state index contributed by atoms with van der Waals surface area (Å²) >= 11 is 0. The number of nitrogens with zero attached hydrogens (tertiary/aromatic N) is 4. The van der Waals surface area contributed by atoms with Crippen LogP contribution >= 0.6 is 0 Å². The second-order valence-electron chi connectivity index (χ2n) is 10.3. The largest absolute Gasteiger partial charge is 0.464 e. The van der Waals surface area contributed by atoms with Gasteiger partial charge in [-0.15, -0.1) is 0 Å². The summed E-state index contributed by atoms with van der Waals surface area (Å²) in [7, 11) is 2.96. The van der Waals surface area contributed by atoms with Gasteiger partial charge in [0.1, 0.15) is 0 Å². The van der Waals surface area contributed by atoms with Crippen molar-refractivity contribution in [3.05, 3.63) is 59.7 Å². The highest BCUT2D eigenvalue weighted by atomic mass is 16.5. The second kappa shape index (κ2) is 7.82. The zero-order valence-electron chi connectivity index (χ0n) is 19.5. The van der Waals surface area contributed by atoms with Crippen molar-refractivity contribution in [2.75, 3.05) is 12.4 Å². The molecule has 0 saturated heterocycles. The topological polar surface area (TPSA) is 91.0 Å². The van der Waals surface area contributed by atoms with Crippen LogP contribution in [0.4, 0.5) is 5.69 Å². The molecule has 176 valence electrons. The van der Waals surface area contributed by atoms with Crippen LogP contribution < -0.4 is 5.32 Å². The lowest BCUT2D eigenvalue weighted by atomic mass is 9.48. The third-order valence-electron chi connectivity index (χ3n) is 8.09. The van der Waals surface area contributed by atoms with Gasteiger partial charge >= 0.3 is 5.97 Å². The van der Waals surface area contributed by atoms with Crippen molar-refractivity contribution in [1.29, 1.82) is 0 Å². The smallest absolute Gasteiger partial charge is 0.358 e. The van der Waals surface area contributed by atoms with Gasteiger partial charge in [-0.3, -0.25) is 9.48 Å². The number of benzene rings is 1. The average molecular weight is 460 g/mol. The Balaban J connectivity index is 1.42. The average Bonchev–Trinajstić information content (AvgIpc) is 3.43. The predicted molar refractivity (Wildman–Crippen MR) is 126 cm³/mol. The molecule has 3 aromatic rings. The maximum Gasteiger partial charge on any atom is 0.358 e. The van der Waals surface area contributed by atoms with Crippen LogP contribution in [0.2, 0.25) is 0 Å². The van der Waals surface area contributed by atoms with E-state index in [4.69, 9.17) is 9.84 Å². The van der Waals surface area contributed by atoms with Gasteiger partial charge in [-0.1, -0.05) is 18.2 Å². The molecule has 34 heavy (non-hydrogen) atoms. The van der Waals surface area contributed by atoms with E-state index in [2.05, 4.69) is 10.4 Å². The van der Waals surface area contributed by atoms with Crippen LogP contribution in [-0.2, 0) is 17.2 Å². The first-order valence-corrected chi connectivity index (χ1v) is 12.0. The van der Waals surface area contributed by atoms with Crippen molar-refractivity contribution >= 4 is 17.6 Å².